The minimum atomic E-state index is -2.32. The summed E-state index contributed by atoms with van der Waals surface area (Å²) in [5, 5.41) is 7.32. The molecule has 84 valence electrons. The van der Waals surface area contributed by atoms with Crippen molar-refractivity contribution in [2.75, 3.05) is 27.9 Å². The number of nitrogens with zero attached hydrogens (tertiary/aromatic N) is 1. The van der Waals surface area contributed by atoms with E-state index in [4.69, 9.17) is 24.3 Å². The van der Waals surface area contributed by atoms with Crippen molar-refractivity contribution in [3.8, 4) is 6.07 Å². The Kier molecular flexibility index (Phi) is 12.1. The molecule has 14 heavy (non-hydrogen) atoms. The number of rotatable bonds is 6. The fraction of sp³-hybridized carbons (Fsp3) is 0.875. The van der Waals surface area contributed by atoms with Crippen molar-refractivity contribution < 1.29 is 13.3 Å². The van der Waals surface area contributed by atoms with Crippen molar-refractivity contribution >= 4 is 8.80 Å². The molecule has 0 aliphatic carbocycles. The van der Waals surface area contributed by atoms with Gasteiger partial charge in [-0.3, -0.25) is 0 Å². The van der Waals surface area contributed by atoms with Gasteiger partial charge in [-0.2, -0.15) is 5.26 Å². The van der Waals surface area contributed by atoms with Crippen molar-refractivity contribution in [1.29, 1.82) is 5.26 Å². The Morgan fingerprint density at radius 1 is 1.21 bits per heavy atom. The summed E-state index contributed by atoms with van der Waals surface area (Å²) in [5.41, 5.74) is 5.36. The zero-order valence-corrected chi connectivity index (χ0v) is 10.4. The minimum absolute atomic E-state index is 0.644. The van der Waals surface area contributed by atoms with E-state index in [2.05, 4.69) is 0 Å². The molecule has 6 heteroatoms. The van der Waals surface area contributed by atoms with Crippen molar-refractivity contribution in [2.45, 2.75) is 19.4 Å². The highest BCUT2D eigenvalue weighted by Gasteiger charge is 2.36. The predicted octanol–water partition coefficient (Wildman–Crippen LogP) is 0.743. The maximum absolute atomic E-state index is 7.32. The predicted molar refractivity (Wildman–Crippen MR) is 56.5 cm³/mol. The Labute approximate surface area is 87.1 Å². The van der Waals surface area contributed by atoms with Crippen LogP contribution in [0.5, 0.6) is 0 Å². The third-order valence-electron chi connectivity index (χ3n) is 1.62. The maximum Gasteiger partial charge on any atom is 0.500 e. The van der Waals surface area contributed by atoms with Gasteiger partial charge in [-0.05, 0) is 13.0 Å². The van der Waals surface area contributed by atoms with Gasteiger partial charge in [0.1, 0.15) is 0 Å². The highest BCUT2D eigenvalue weighted by atomic mass is 28.4. The van der Waals surface area contributed by atoms with Gasteiger partial charge in [-0.15, -0.1) is 0 Å². The molecule has 0 bridgehead atoms. The summed E-state index contributed by atoms with van der Waals surface area (Å²) in [7, 11) is 2.50. The maximum atomic E-state index is 7.32. The molecule has 0 amide bonds. The van der Waals surface area contributed by atoms with Gasteiger partial charge >= 0.3 is 8.80 Å². The molecule has 0 fully saturated rings. The smallest absolute Gasteiger partial charge is 0.377 e. The molecule has 0 heterocycles. The van der Waals surface area contributed by atoms with E-state index >= 15 is 0 Å². The SMILES string of the molecule is CC#N.CO[Si](CCCN)(OC)OC. The van der Waals surface area contributed by atoms with Crippen LogP contribution < -0.4 is 5.73 Å². The van der Waals surface area contributed by atoms with Crippen LogP contribution in [0.2, 0.25) is 6.04 Å². The first-order chi connectivity index (χ1) is 6.66. The van der Waals surface area contributed by atoms with Crippen LogP contribution >= 0.6 is 0 Å². The molecule has 2 N–H and O–H groups in total. The second-order valence-electron chi connectivity index (χ2n) is 2.41. The summed E-state index contributed by atoms with van der Waals surface area (Å²) >= 11 is 0. The van der Waals surface area contributed by atoms with Crippen LogP contribution in [0, 0.1) is 11.3 Å². The van der Waals surface area contributed by atoms with Gasteiger partial charge in [0.05, 0.1) is 6.07 Å². The molecule has 0 aromatic heterocycles. The molecular formula is C8H20N2O3Si. The topological polar surface area (TPSA) is 77.5 Å². The Hall–Kier alpha value is -0.453. The van der Waals surface area contributed by atoms with Crippen LogP contribution in [0.3, 0.4) is 0 Å². The molecule has 0 spiro atoms. The van der Waals surface area contributed by atoms with Gasteiger partial charge in [0.2, 0.25) is 0 Å². The monoisotopic (exact) mass is 220 g/mol. The van der Waals surface area contributed by atoms with Gasteiger partial charge in [0.15, 0.2) is 0 Å². The third kappa shape index (κ3) is 7.00. The lowest BCUT2D eigenvalue weighted by atomic mass is 10.5. The van der Waals surface area contributed by atoms with E-state index in [1.165, 1.54) is 6.92 Å². The summed E-state index contributed by atoms with van der Waals surface area (Å²) in [4.78, 5) is 0. The van der Waals surface area contributed by atoms with Gasteiger partial charge in [0, 0.05) is 34.3 Å². The average molecular weight is 220 g/mol. The lowest BCUT2D eigenvalue weighted by Gasteiger charge is -2.23. The molecular weight excluding hydrogens is 200 g/mol. The summed E-state index contributed by atoms with van der Waals surface area (Å²) in [5.74, 6) is 0. The summed E-state index contributed by atoms with van der Waals surface area (Å²) in [6.45, 7) is 2.07. The summed E-state index contributed by atoms with van der Waals surface area (Å²) in [6.07, 6.45) is 0.877. The number of nitrogens with two attached hydrogens (primary N) is 1. The first-order valence-corrected chi connectivity index (χ1v) is 6.25. The average Bonchev–Trinajstić information content (AvgIpc) is 2.22. The van der Waals surface area contributed by atoms with Gasteiger partial charge in [-0.1, -0.05) is 0 Å². The number of nitriles is 1. The quantitative estimate of drug-likeness (QED) is 0.668. The normalized spacial score (nSPS) is 10.0. The Balaban J connectivity index is 0. The van der Waals surface area contributed by atoms with Gasteiger partial charge < -0.3 is 19.0 Å². The molecule has 0 aliphatic rings. The minimum Gasteiger partial charge on any atom is -0.377 e. The zero-order chi connectivity index (χ0) is 11.4. The molecule has 0 aromatic carbocycles. The molecule has 0 atom stereocenters. The molecule has 0 aliphatic heterocycles. The fourth-order valence-electron chi connectivity index (χ4n) is 0.875. The Morgan fingerprint density at radius 3 is 1.79 bits per heavy atom. The summed E-state index contributed by atoms with van der Waals surface area (Å²) in [6, 6.07) is 2.53. The van der Waals surface area contributed by atoms with Crippen molar-refractivity contribution in [3.05, 3.63) is 0 Å². The van der Waals surface area contributed by atoms with E-state index in [-0.39, 0.29) is 0 Å². The Bertz CT molecular complexity index is 149. The van der Waals surface area contributed by atoms with Gasteiger partial charge in [-0.25, -0.2) is 0 Å². The number of hydrogen-bond donors (Lipinski definition) is 1. The molecule has 0 rings (SSSR count). The summed E-state index contributed by atoms with van der Waals surface area (Å²) < 4.78 is 15.5. The molecule has 5 nitrogen and oxygen atoms in total. The van der Waals surface area contributed by atoms with E-state index in [1.54, 1.807) is 27.4 Å². The highest BCUT2D eigenvalue weighted by Crippen LogP contribution is 2.13. The molecule has 0 radical (unpaired) electrons. The standard InChI is InChI=1S/C6H17NO3Si.C2H3N/c1-8-11(9-2,10-3)6-4-5-7;1-2-3/h4-7H2,1-3H3;1H3. The van der Waals surface area contributed by atoms with Crippen molar-refractivity contribution in [2.24, 2.45) is 5.73 Å². The van der Waals surface area contributed by atoms with Crippen LogP contribution in [0.4, 0.5) is 0 Å². The zero-order valence-electron chi connectivity index (χ0n) is 9.37. The first kappa shape index (κ1) is 16.0. The molecule has 0 saturated heterocycles. The van der Waals surface area contributed by atoms with Crippen LogP contribution in [0.1, 0.15) is 13.3 Å². The molecule has 0 unspecified atom stereocenters. The second kappa shape index (κ2) is 10.6. The lowest BCUT2D eigenvalue weighted by Crippen LogP contribution is -2.42. The van der Waals surface area contributed by atoms with Gasteiger partial charge in [0.25, 0.3) is 0 Å². The van der Waals surface area contributed by atoms with E-state index in [9.17, 15) is 0 Å². The fourth-order valence-corrected chi connectivity index (χ4v) is 2.62. The Morgan fingerprint density at radius 2 is 1.57 bits per heavy atom. The van der Waals surface area contributed by atoms with Crippen molar-refractivity contribution in [3.63, 3.8) is 0 Å². The van der Waals surface area contributed by atoms with Crippen LogP contribution in [0.15, 0.2) is 0 Å². The molecule has 0 saturated carbocycles. The van der Waals surface area contributed by atoms with E-state index < -0.39 is 8.80 Å². The van der Waals surface area contributed by atoms with Crippen LogP contribution in [-0.4, -0.2) is 36.7 Å². The van der Waals surface area contributed by atoms with Crippen molar-refractivity contribution in [1.82, 2.24) is 0 Å². The lowest BCUT2D eigenvalue weighted by molar-refractivity contribution is 0.123. The van der Waals surface area contributed by atoms with E-state index in [0.717, 1.165) is 12.5 Å². The first-order valence-electron chi connectivity index (χ1n) is 4.32. The van der Waals surface area contributed by atoms with E-state index in [1.807, 2.05) is 0 Å². The van der Waals surface area contributed by atoms with Crippen LogP contribution in [-0.2, 0) is 13.3 Å². The van der Waals surface area contributed by atoms with Crippen LogP contribution in [0.25, 0.3) is 0 Å². The largest absolute Gasteiger partial charge is 0.500 e. The molecule has 0 aromatic rings. The number of hydrogen-bond acceptors (Lipinski definition) is 5. The highest BCUT2D eigenvalue weighted by molar-refractivity contribution is 6.60. The van der Waals surface area contributed by atoms with E-state index in [0.29, 0.717) is 6.54 Å². The second-order valence-corrected chi connectivity index (χ2v) is 5.50. The third-order valence-corrected chi connectivity index (χ3v) is 4.45.